The molecule has 2 rings (SSSR count). The van der Waals surface area contributed by atoms with E-state index < -0.39 is 0 Å². The summed E-state index contributed by atoms with van der Waals surface area (Å²) in [6, 6.07) is 2.10. The van der Waals surface area contributed by atoms with Crippen LogP contribution in [-0.2, 0) is 0 Å². The summed E-state index contributed by atoms with van der Waals surface area (Å²) in [6.07, 6.45) is 5.46. The molecule has 116 valence electrons. The Hall–Kier alpha value is -1.62. The van der Waals surface area contributed by atoms with Crippen LogP contribution in [0, 0.1) is 5.41 Å². The lowest BCUT2D eigenvalue weighted by atomic mass is 9.88. The van der Waals surface area contributed by atoms with E-state index in [1.165, 1.54) is 0 Å². The zero-order chi connectivity index (χ0) is 15.5. The number of rotatable bonds is 7. The van der Waals surface area contributed by atoms with Crippen LogP contribution < -0.4 is 5.32 Å². The molecule has 0 radical (unpaired) electrons. The number of aliphatic hydroxyl groups is 1. The lowest BCUT2D eigenvalue weighted by Gasteiger charge is -2.25. The van der Waals surface area contributed by atoms with Crippen molar-refractivity contribution < 1.29 is 5.11 Å². The first-order chi connectivity index (χ1) is 9.93. The van der Waals surface area contributed by atoms with Crippen molar-refractivity contribution in [1.82, 2.24) is 14.6 Å². The van der Waals surface area contributed by atoms with Crippen LogP contribution in [0.25, 0.3) is 5.52 Å². The van der Waals surface area contributed by atoms with Crippen molar-refractivity contribution in [3.05, 3.63) is 24.2 Å². The Morgan fingerprint density at radius 3 is 2.81 bits per heavy atom. The Morgan fingerprint density at radius 1 is 1.38 bits per heavy atom. The van der Waals surface area contributed by atoms with Gasteiger partial charge in [-0.25, -0.2) is 9.50 Å². The van der Waals surface area contributed by atoms with Gasteiger partial charge in [-0.3, -0.25) is 0 Å². The fraction of sp³-hybridized carbons (Fsp3) is 0.625. The lowest BCUT2D eigenvalue weighted by molar-refractivity contribution is 0.248. The van der Waals surface area contributed by atoms with Crippen LogP contribution in [0.2, 0.25) is 0 Å². The molecule has 0 aliphatic rings. The number of hydrogen-bond acceptors (Lipinski definition) is 4. The molecule has 5 heteroatoms. The molecule has 0 bridgehead atoms. The summed E-state index contributed by atoms with van der Waals surface area (Å²) in [7, 11) is 0. The largest absolute Gasteiger partial charge is 0.396 e. The number of hydrogen-bond donors (Lipinski definition) is 2. The third-order valence-corrected chi connectivity index (χ3v) is 3.75. The highest BCUT2D eigenvalue weighted by atomic mass is 16.2. The average Bonchev–Trinajstić information content (AvgIpc) is 2.88. The van der Waals surface area contributed by atoms with Crippen molar-refractivity contribution in [1.29, 1.82) is 0 Å². The summed E-state index contributed by atoms with van der Waals surface area (Å²) in [6.45, 7) is 9.75. The first kappa shape index (κ1) is 15.8. The molecule has 0 aliphatic carbocycles. The van der Waals surface area contributed by atoms with Gasteiger partial charge in [0.1, 0.15) is 5.52 Å². The minimum absolute atomic E-state index is 0.123. The molecule has 2 aromatic heterocycles. The molecule has 0 fully saturated rings. The maximum absolute atomic E-state index is 8.97. The second-order valence-electron chi connectivity index (χ2n) is 6.67. The molecular formula is C16H26N4O. The molecule has 0 aliphatic heterocycles. The van der Waals surface area contributed by atoms with E-state index in [0.29, 0.717) is 5.92 Å². The van der Waals surface area contributed by atoms with Crippen molar-refractivity contribution >= 4 is 11.3 Å². The van der Waals surface area contributed by atoms with Crippen LogP contribution in [0.3, 0.4) is 0 Å². The number of aliphatic hydroxyl groups excluding tert-OH is 1. The van der Waals surface area contributed by atoms with Crippen molar-refractivity contribution in [2.75, 3.05) is 18.5 Å². The van der Waals surface area contributed by atoms with E-state index in [1.54, 1.807) is 6.20 Å². The van der Waals surface area contributed by atoms with E-state index in [9.17, 15) is 0 Å². The van der Waals surface area contributed by atoms with E-state index in [0.717, 1.165) is 36.4 Å². The van der Waals surface area contributed by atoms with Gasteiger partial charge in [-0.05, 0) is 30.2 Å². The van der Waals surface area contributed by atoms with Crippen molar-refractivity contribution in [2.45, 2.75) is 46.5 Å². The van der Waals surface area contributed by atoms with Gasteiger partial charge in [0.25, 0.3) is 0 Å². The Labute approximate surface area is 126 Å². The Bertz CT molecular complexity index is 589. The van der Waals surface area contributed by atoms with Gasteiger partial charge in [0, 0.05) is 25.5 Å². The predicted octanol–water partition coefficient (Wildman–Crippen LogP) is 3.06. The molecule has 0 unspecified atom stereocenters. The molecule has 2 heterocycles. The second-order valence-corrected chi connectivity index (χ2v) is 6.67. The quantitative estimate of drug-likeness (QED) is 0.822. The molecule has 21 heavy (non-hydrogen) atoms. The summed E-state index contributed by atoms with van der Waals surface area (Å²) in [5.41, 5.74) is 2.21. The maximum atomic E-state index is 8.97. The molecule has 0 atom stereocenters. The van der Waals surface area contributed by atoms with Crippen LogP contribution in [0.15, 0.2) is 18.5 Å². The highest BCUT2D eigenvalue weighted by Crippen LogP contribution is 2.24. The molecule has 0 aromatic carbocycles. The van der Waals surface area contributed by atoms with Crippen molar-refractivity contribution in [2.24, 2.45) is 5.41 Å². The van der Waals surface area contributed by atoms with Gasteiger partial charge in [0.05, 0.1) is 5.69 Å². The Kier molecular flexibility index (Phi) is 4.83. The zero-order valence-corrected chi connectivity index (χ0v) is 13.4. The van der Waals surface area contributed by atoms with Crippen LogP contribution >= 0.6 is 0 Å². The summed E-state index contributed by atoms with van der Waals surface area (Å²) >= 11 is 0. The van der Waals surface area contributed by atoms with Gasteiger partial charge in [-0.2, -0.15) is 5.10 Å². The maximum Gasteiger partial charge on any atom is 0.152 e. The van der Waals surface area contributed by atoms with Gasteiger partial charge < -0.3 is 10.4 Å². The smallest absolute Gasteiger partial charge is 0.152 e. The average molecular weight is 290 g/mol. The van der Waals surface area contributed by atoms with Gasteiger partial charge >= 0.3 is 0 Å². The molecule has 0 amide bonds. The number of fused-ring (bicyclic) bond motifs is 1. The Morgan fingerprint density at radius 2 is 2.14 bits per heavy atom. The van der Waals surface area contributed by atoms with Crippen LogP contribution in [0.1, 0.15) is 52.1 Å². The summed E-state index contributed by atoms with van der Waals surface area (Å²) < 4.78 is 1.88. The van der Waals surface area contributed by atoms with Gasteiger partial charge in [-0.1, -0.05) is 27.7 Å². The normalized spacial score (nSPS) is 12.3. The fourth-order valence-electron chi connectivity index (χ4n) is 2.33. The zero-order valence-electron chi connectivity index (χ0n) is 13.4. The molecule has 0 saturated carbocycles. The van der Waals surface area contributed by atoms with E-state index in [1.807, 2.05) is 10.7 Å². The molecule has 2 aromatic rings. The lowest BCUT2D eigenvalue weighted by Crippen LogP contribution is -2.24. The summed E-state index contributed by atoms with van der Waals surface area (Å²) in [5.74, 6) is 1.27. The number of anilines is 1. The molecular weight excluding hydrogens is 264 g/mol. The summed E-state index contributed by atoms with van der Waals surface area (Å²) in [5, 5.41) is 17.0. The van der Waals surface area contributed by atoms with Crippen molar-refractivity contribution in [3.8, 4) is 0 Å². The van der Waals surface area contributed by atoms with E-state index in [4.69, 9.17) is 5.11 Å². The van der Waals surface area contributed by atoms with Crippen LogP contribution in [0.5, 0.6) is 0 Å². The van der Waals surface area contributed by atoms with Crippen LogP contribution in [0.4, 0.5) is 5.82 Å². The second kappa shape index (κ2) is 6.43. The third-order valence-electron chi connectivity index (χ3n) is 3.75. The SMILES string of the molecule is CC(C)c1cc2c(NCC(C)(C)CCCO)nccn2n1. The summed E-state index contributed by atoms with van der Waals surface area (Å²) in [4.78, 5) is 4.44. The predicted molar refractivity (Wildman–Crippen MR) is 85.7 cm³/mol. The van der Waals surface area contributed by atoms with Gasteiger partial charge in [-0.15, -0.1) is 0 Å². The fourth-order valence-corrected chi connectivity index (χ4v) is 2.33. The first-order valence-corrected chi connectivity index (χ1v) is 7.62. The molecule has 0 spiro atoms. The van der Waals surface area contributed by atoms with Crippen molar-refractivity contribution in [3.63, 3.8) is 0 Å². The molecule has 0 saturated heterocycles. The van der Waals surface area contributed by atoms with Crippen LogP contribution in [-0.4, -0.2) is 32.9 Å². The van der Waals surface area contributed by atoms with E-state index in [-0.39, 0.29) is 12.0 Å². The first-order valence-electron chi connectivity index (χ1n) is 7.62. The third kappa shape index (κ3) is 3.94. The van der Waals surface area contributed by atoms with E-state index in [2.05, 4.69) is 49.2 Å². The minimum Gasteiger partial charge on any atom is -0.396 e. The molecule has 2 N–H and O–H groups in total. The van der Waals surface area contributed by atoms with Gasteiger partial charge in [0.15, 0.2) is 5.82 Å². The van der Waals surface area contributed by atoms with E-state index >= 15 is 0 Å². The Balaban J connectivity index is 2.15. The standard InChI is InChI=1S/C16H26N4O/c1-12(2)13-10-14-15(17-7-8-20(14)19-13)18-11-16(3,4)6-5-9-21/h7-8,10,12,21H,5-6,9,11H2,1-4H3,(H,17,18). The number of nitrogens with one attached hydrogen (secondary N) is 1. The topological polar surface area (TPSA) is 62.5 Å². The van der Waals surface area contributed by atoms with Gasteiger partial charge in [0.2, 0.25) is 0 Å². The highest BCUT2D eigenvalue weighted by molar-refractivity contribution is 5.67. The minimum atomic E-state index is 0.123. The number of nitrogens with zero attached hydrogens (tertiary/aromatic N) is 3. The molecule has 5 nitrogen and oxygen atoms in total. The highest BCUT2D eigenvalue weighted by Gasteiger charge is 2.18. The number of aromatic nitrogens is 3. The monoisotopic (exact) mass is 290 g/mol.